The SMILES string of the molecule is O=C(OC1CCCN(c2ccccc2)C1)c1ccc(I)cc1. The molecule has 2 aromatic rings. The lowest BCUT2D eigenvalue weighted by Crippen LogP contribution is -2.40. The highest BCUT2D eigenvalue weighted by Crippen LogP contribution is 2.21. The molecule has 1 atom stereocenters. The van der Waals surface area contributed by atoms with Gasteiger partial charge in [-0.05, 0) is 71.8 Å². The van der Waals surface area contributed by atoms with E-state index >= 15 is 0 Å². The average molecular weight is 407 g/mol. The number of carbonyl (C=O) groups excluding carboxylic acids is 1. The van der Waals surface area contributed by atoms with E-state index in [-0.39, 0.29) is 12.1 Å². The number of nitrogens with zero attached hydrogens (tertiary/aromatic N) is 1. The number of halogens is 1. The normalized spacial score (nSPS) is 18.0. The van der Waals surface area contributed by atoms with Crippen LogP contribution >= 0.6 is 22.6 Å². The molecular weight excluding hydrogens is 389 g/mol. The van der Waals surface area contributed by atoms with Crippen molar-refractivity contribution in [3.63, 3.8) is 0 Å². The second kappa shape index (κ2) is 7.13. The van der Waals surface area contributed by atoms with Crippen LogP contribution in [-0.4, -0.2) is 25.2 Å². The highest BCUT2D eigenvalue weighted by molar-refractivity contribution is 14.1. The van der Waals surface area contributed by atoms with Gasteiger partial charge in [-0.15, -0.1) is 0 Å². The molecule has 0 aliphatic carbocycles. The van der Waals surface area contributed by atoms with Gasteiger partial charge in [0.05, 0.1) is 12.1 Å². The Labute approximate surface area is 144 Å². The summed E-state index contributed by atoms with van der Waals surface area (Å²) in [6.07, 6.45) is 1.93. The summed E-state index contributed by atoms with van der Waals surface area (Å²) in [5, 5.41) is 0. The Kier molecular flexibility index (Phi) is 4.97. The number of benzene rings is 2. The van der Waals surface area contributed by atoms with E-state index in [1.54, 1.807) is 0 Å². The van der Waals surface area contributed by atoms with E-state index in [0.717, 1.165) is 29.5 Å². The Bertz CT molecular complexity index is 627. The first-order chi connectivity index (χ1) is 10.7. The van der Waals surface area contributed by atoms with Gasteiger partial charge in [0.1, 0.15) is 6.10 Å². The van der Waals surface area contributed by atoms with Crippen LogP contribution in [0.2, 0.25) is 0 Å². The van der Waals surface area contributed by atoms with Gasteiger partial charge < -0.3 is 9.64 Å². The van der Waals surface area contributed by atoms with E-state index in [9.17, 15) is 4.79 Å². The van der Waals surface area contributed by atoms with Crippen molar-refractivity contribution in [2.24, 2.45) is 0 Å². The lowest BCUT2D eigenvalue weighted by Gasteiger charge is -2.34. The maximum Gasteiger partial charge on any atom is 0.338 e. The van der Waals surface area contributed by atoms with Gasteiger partial charge in [0.2, 0.25) is 0 Å². The number of rotatable bonds is 3. The van der Waals surface area contributed by atoms with Crippen LogP contribution < -0.4 is 4.90 Å². The van der Waals surface area contributed by atoms with Gasteiger partial charge in [-0.25, -0.2) is 4.79 Å². The van der Waals surface area contributed by atoms with Gasteiger partial charge in [0.25, 0.3) is 0 Å². The second-order valence-electron chi connectivity index (χ2n) is 5.46. The van der Waals surface area contributed by atoms with Crippen molar-refractivity contribution in [2.75, 3.05) is 18.0 Å². The van der Waals surface area contributed by atoms with E-state index < -0.39 is 0 Å². The summed E-state index contributed by atoms with van der Waals surface area (Å²) in [5.41, 5.74) is 1.81. The Hall–Kier alpha value is -1.56. The molecule has 1 unspecified atom stereocenters. The summed E-state index contributed by atoms with van der Waals surface area (Å²) in [6.45, 7) is 1.78. The Balaban J connectivity index is 1.63. The Morgan fingerprint density at radius 1 is 1.09 bits per heavy atom. The summed E-state index contributed by atoms with van der Waals surface area (Å²) in [5.74, 6) is -0.226. The van der Waals surface area contributed by atoms with Crippen molar-refractivity contribution in [1.82, 2.24) is 0 Å². The van der Waals surface area contributed by atoms with Crippen molar-refractivity contribution in [1.29, 1.82) is 0 Å². The molecule has 1 saturated heterocycles. The van der Waals surface area contributed by atoms with Crippen molar-refractivity contribution in [3.8, 4) is 0 Å². The third-order valence-electron chi connectivity index (χ3n) is 3.85. The quantitative estimate of drug-likeness (QED) is 0.567. The van der Waals surface area contributed by atoms with Crippen molar-refractivity contribution < 1.29 is 9.53 Å². The van der Waals surface area contributed by atoms with E-state index in [1.165, 1.54) is 5.69 Å². The molecule has 1 fully saturated rings. The molecule has 4 heteroatoms. The fourth-order valence-electron chi connectivity index (χ4n) is 2.71. The zero-order chi connectivity index (χ0) is 15.4. The molecular formula is C18H18INO2. The molecule has 114 valence electrons. The van der Waals surface area contributed by atoms with Gasteiger partial charge in [-0.3, -0.25) is 0 Å². The topological polar surface area (TPSA) is 29.5 Å². The molecule has 0 radical (unpaired) electrons. The van der Waals surface area contributed by atoms with Crippen LogP contribution in [0.5, 0.6) is 0 Å². The standard InChI is InChI=1S/C18H18INO2/c19-15-10-8-14(9-11-15)18(21)22-17-7-4-12-20(13-17)16-5-2-1-3-6-16/h1-3,5-6,8-11,17H,4,7,12-13H2. The van der Waals surface area contributed by atoms with Gasteiger partial charge in [-0.2, -0.15) is 0 Å². The van der Waals surface area contributed by atoms with E-state index in [2.05, 4.69) is 39.6 Å². The molecule has 1 heterocycles. The molecule has 0 saturated carbocycles. The minimum atomic E-state index is -0.226. The second-order valence-corrected chi connectivity index (χ2v) is 6.70. The molecule has 0 spiro atoms. The Morgan fingerprint density at radius 2 is 1.82 bits per heavy atom. The summed E-state index contributed by atoms with van der Waals surface area (Å²) < 4.78 is 6.80. The third kappa shape index (κ3) is 3.80. The molecule has 0 amide bonds. The number of hydrogen-bond donors (Lipinski definition) is 0. The molecule has 1 aliphatic rings. The molecule has 0 N–H and O–H groups in total. The molecule has 3 rings (SSSR count). The number of anilines is 1. The molecule has 0 aromatic heterocycles. The minimum Gasteiger partial charge on any atom is -0.457 e. The van der Waals surface area contributed by atoms with Crippen LogP contribution in [0.15, 0.2) is 54.6 Å². The number of ether oxygens (including phenoxy) is 1. The van der Waals surface area contributed by atoms with Crippen LogP contribution in [0.1, 0.15) is 23.2 Å². The summed E-state index contributed by atoms with van der Waals surface area (Å²) in [7, 11) is 0. The van der Waals surface area contributed by atoms with E-state index in [0.29, 0.717) is 5.56 Å². The van der Waals surface area contributed by atoms with Gasteiger partial charge in [-0.1, -0.05) is 18.2 Å². The highest BCUT2D eigenvalue weighted by Gasteiger charge is 2.23. The minimum absolute atomic E-state index is 0.0410. The number of carbonyl (C=O) groups is 1. The molecule has 2 aromatic carbocycles. The molecule has 22 heavy (non-hydrogen) atoms. The summed E-state index contributed by atoms with van der Waals surface area (Å²) >= 11 is 2.23. The van der Waals surface area contributed by atoms with Crippen LogP contribution in [-0.2, 0) is 4.74 Å². The first kappa shape index (κ1) is 15.3. The van der Waals surface area contributed by atoms with Crippen LogP contribution in [0, 0.1) is 3.57 Å². The maximum absolute atomic E-state index is 12.2. The zero-order valence-corrected chi connectivity index (χ0v) is 14.4. The lowest BCUT2D eigenvalue weighted by molar-refractivity contribution is 0.0270. The smallest absolute Gasteiger partial charge is 0.338 e. The monoisotopic (exact) mass is 407 g/mol. The van der Waals surface area contributed by atoms with E-state index in [4.69, 9.17) is 4.74 Å². The van der Waals surface area contributed by atoms with Crippen molar-refractivity contribution in [3.05, 3.63) is 63.7 Å². The summed E-state index contributed by atoms with van der Waals surface area (Å²) in [6, 6.07) is 17.8. The molecule has 0 bridgehead atoms. The predicted molar refractivity (Wildman–Crippen MR) is 96.3 cm³/mol. The van der Waals surface area contributed by atoms with Crippen LogP contribution in [0.4, 0.5) is 5.69 Å². The van der Waals surface area contributed by atoms with Gasteiger partial charge >= 0.3 is 5.97 Å². The average Bonchev–Trinajstić information content (AvgIpc) is 2.56. The van der Waals surface area contributed by atoms with Gasteiger partial charge in [0, 0.05) is 15.8 Å². The predicted octanol–water partition coefficient (Wildman–Crippen LogP) is 4.12. The van der Waals surface area contributed by atoms with Crippen molar-refractivity contribution in [2.45, 2.75) is 18.9 Å². The van der Waals surface area contributed by atoms with Crippen LogP contribution in [0.25, 0.3) is 0 Å². The third-order valence-corrected chi connectivity index (χ3v) is 4.57. The van der Waals surface area contributed by atoms with E-state index in [1.807, 2.05) is 42.5 Å². The maximum atomic E-state index is 12.2. The highest BCUT2D eigenvalue weighted by atomic mass is 127. The molecule has 3 nitrogen and oxygen atoms in total. The number of para-hydroxylation sites is 1. The molecule has 1 aliphatic heterocycles. The van der Waals surface area contributed by atoms with Crippen molar-refractivity contribution >= 4 is 34.2 Å². The number of piperidine rings is 1. The lowest BCUT2D eigenvalue weighted by atomic mass is 10.1. The van der Waals surface area contributed by atoms with Gasteiger partial charge in [0.15, 0.2) is 0 Å². The first-order valence-electron chi connectivity index (χ1n) is 7.49. The summed E-state index contributed by atoms with van der Waals surface area (Å²) in [4.78, 5) is 14.5. The fourth-order valence-corrected chi connectivity index (χ4v) is 3.07. The fraction of sp³-hybridized carbons (Fsp3) is 0.278. The number of hydrogen-bond acceptors (Lipinski definition) is 3. The Morgan fingerprint density at radius 3 is 2.55 bits per heavy atom. The zero-order valence-electron chi connectivity index (χ0n) is 12.2. The van der Waals surface area contributed by atoms with Crippen LogP contribution in [0.3, 0.4) is 0 Å². The largest absolute Gasteiger partial charge is 0.457 e. The number of esters is 1. The first-order valence-corrected chi connectivity index (χ1v) is 8.57.